The largest absolute Gasteiger partial charge is 0.496 e. The van der Waals surface area contributed by atoms with Crippen LogP contribution in [-0.2, 0) is 6.54 Å². The molecule has 24 heavy (non-hydrogen) atoms. The third-order valence-corrected chi connectivity index (χ3v) is 4.18. The third kappa shape index (κ3) is 3.63. The molecule has 1 aliphatic rings. The van der Waals surface area contributed by atoms with Gasteiger partial charge < -0.3 is 9.64 Å². The van der Waals surface area contributed by atoms with Gasteiger partial charge in [-0.15, -0.1) is 0 Å². The Labute approximate surface area is 140 Å². The Bertz CT molecular complexity index is 751. The van der Waals surface area contributed by atoms with Crippen molar-refractivity contribution in [2.24, 2.45) is 0 Å². The number of hydrogen-bond acceptors (Lipinski definition) is 5. The van der Waals surface area contributed by atoms with Crippen molar-refractivity contribution < 1.29 is 9.13 Å². The number of halogens is 1. The van der Waals surface area contributed by atoms with E-state index in [1.165, 1.54) is 12.1 Å². The smallest absolute Gasteiger partial charge is 0.142 e. The highest BCUT2D eigenvalue weighted by atomic mass is 19.1. The second kappa shape index (κ2) is 7.28. The van der Waals surface area contributed by atoms with Crippen LogP contribution in [0.3, 0.4) is 0 Å². The number of aromatic nitrogens is 1. The second-order valence-corrected chi connectivity index (χ2v) is 5.71. The first-order valence-corrected chi connectivity index (χ1v) is 7.86. The number of ether oxygens (including phenoxy) is 1. The van der Waals surface area contributed by atoms with Gasteiger partial charge in [-0.1, -0.05) is 6.07 Å². The number of benzene rings is 1. The van der Waals surface area contributed by atoms with Crippen molar-refractivity contribution >= 4 is 5.82 Å². The van der Waals surface area contributed by atoms with E-state index in [9.17, 15) is 4.39 Å². The molecule has 3 rings (SSSR count). The maximum absolute atomic E-state index is 13.5. The van der Waals surface area contributed by atoms with E-state index >= 15 is 0 Å². The highest BCUT2D eigenvalue weighted by Gasteiger charge is 2.19. The molecule has 0 unspecified atom stereocenters. The van der Waals surface area contributed by atoms with Crippen molar-refractivity contribution in [3.8, 4) is 11.8 Å². The number of rotatable bonds is 4. The van der Waals surface area contributed by atoms with Crippen molar-refractivity contribution in [3.63, 3.8) is 0 Å². The van der Waals surface area contributed by atoms with Crippen LogP contribution in [0, 0.1) is 17.1 Å². The van der Waals surface area contributed by atoms with Gasteiger partial charge in [0.1, 0.15) is 29.1 Å². The van der Waals surface area contributed by atoms with Gasteiger partial charge in [-0.3, -0.25) is 4.90 Å². The molecular formula is C18H19FN4O. The molecule has 2 aromatic rings. The lowest BCUT2D eigenvalue weighted by molar-refractivity contribution is 0.245. The minimum Gasteiger partial charge on any atom is -0.496 e. The predicted molar refractivity (Wildman–Crippen MR) is 89.4 cm³/mol. The quantitative estimate of drug-likeness (QED) is 0.864. The van der Waals surface area contributed by atoms with Gasteiger partial charge in [-0.25, -0.2) is 9.37 Å². The van der Waals surface area contributed by atoms with Gasteiger partial charge >= 0.3 is 0 Å². The Kier molecular flexibility index (Phi) is 4.92. The van der Waals surface area contributed by atoms with Crippen molar-refractivity contribution in [1.29, 1.82) is 5.26 Å². The molecular weight excluding hydrogens is 307 g/mol. The van der Waals surface area contributed by atoms with Gasteiger partial charge in [0.2, 0.25) is 0 Å². The molecule has 0 saturated carbocycles. The lowest BCUT2D eigenvalue weighted by atomic mass is 10.1. The molecule has 0 radical (unpaired) electrons. The Morgan fingerprint density at radius 1 is 1.21 bits per heavy atom. The topological polar surface area (TPSA) is 52.4 Å². The van der Waals surface area contributed by atoms with Crippen molar-refractivity contribution in [1.82, 2.24) is 9.88 Å². The van der Waals surface area contributed by atoms with E-state index in [-0.39, 0.29) is 5.82 Å². The Balaban J connectivity index is 1.63. The Morgan fingerprint density at radius 3 is 2.71 bits per heavy atom. The van der Waals surface area contributed by atoms with Gasteiger partial charge in [0.15, 0.2) is 0 Å². The number of nitrogens with zero attached hydrogens (tertiary/aromatic N) is 4. The monoisotopic (exact) mass is 326 g/mol. The molecule has 1 aromatic heterocycles. The van der Waals surface area contributed by atoms with Crippen LogP contribution in [0.25, 0.3) is 0 Å². The molecule has 2 heterocycles. The molecule has 0 spiro atoms. The van der Waals surface area contributed by atoms with Crippen LogP contribution < -0.4 is 9.64 Å². The summed E-state index contributed by atoms with van der Waals surface area (Å²) in [5.74, 6) is 1.29. The molecule has 5 nitrogen and oxygen atoms in total. The summed E-state index contributed by atoms with van der Waals surface area (Å²) in [6.45, 7) is 3.98. The van der Waals surface area contributed by atoms with E-state index in [4.69, 9.17) is 10.00 Å². The van der Waals surface area contributed by atoms with Gasteiger partial charge in [0.05, 0.1) is 7.11 Å². The molecule has 0 atom stereocenters. The summed E-state index contributed by atoms with van der Waals surface area (Å²) in [6.07, 6.45) is 0. The molecule has 0 N–H and O–H groups in total. The average Bonchev–Trinajstić information content (AvgIpc) is 2.62. The van der Waals surface area contributed by atoms with Gasteiger partial charge in [-0.2, -0.15) is 5.26 Å². The Morgan fingerprint density at radius 2 is 2.00 bits per heavy atom. The van der Waals surface area contributed by atoms with Crippen molar-refractivity contribution in [2.45, 2.75) is 6.54 Å². The maximum atomic E-state index is 13.5. The van der Waals surface area contributed by atoms with E-state index in [2.05, 4.69) is 20.9 Å². The summed E-state index contributed by atoms with van der Waals surface area (Å²) in [5, 5.41) is 8.96. The van der Waals surface area contributed by atoms with E-state index in [1.807, 2.05) is 12.1 Å². The molecule has 1 aromatic carbocycles. The number of methoxy groups -OCH3 is 1. The molecule has 1 fully saturated rings. The van der Waals surface area contributed by atoms with E-state index in [0.717, 1.165) is 37.6 Å². The van der Waals surface area contributed by atoms with Gasteiger partial charge in [0.25, 0.3) is 0 Å². The third-order valence-electron chi connectivity index (χ3n) is 4.18. The number of pyridine rings is 1. The van der Waals surface area contributed by atoms with Crippen LogP contribution in [0.1, 0.15) is 11.3 Å². The van der Waals surface area contributed by atoms with Crippen molar-refractivity contribution in [2.75, 3.05) is 38.2 Å². The zero-order valence-corrected chi connectivity index (χ0v) is 13.6. The lowest BCUT2D eigenvalue weighted by Gasteiger charge is -2.35. The fourth-order valence-corrected chi connectivity index (χ4v) is 2.91. The van der Waals surface area contributed by atoms with Crippen LogP contribution in [0.15, 0.2) is 36.4 Å². The fraction of sp³-hybridized carbons (Fsp3) is 0.333. The summed E-state index contributed by atoms with van der Waals surface area (Å²) in [6, 6.07) is 12.2. The normalized spacial score (nSPS) is 15.1. The molecule has 124 valence electrons. The van der Waals surface area contributed by atoms with Crippen LogP contribution in [0.5, 0.6) is 5.75 Å². The average molecular weight is 326 g/mol. The standard InChI is InChI=1S/C18H19FN4O/c1-24-17-6-5-15(19)11-14(17)13-22-7-9-23(10-8-22)18-4-2-3-16(12-20)21-18/h2-6,11H,7-10,13H2,1H3. The number of piperazine rings is 1. The maximum Gasteiger partial charge on any atom is 0.142 e. The minimum absolute atomic E-state index is 0.248. The zero-order chi connectivity index (χ0) is 16.9. The van der Waals surface area contributed by atoms with Gasteiger partial charge in [0, 0.05) is 38.3 Å². The first-order valence-electron chi connectivity index (χ1n) is 7.86. The van der Waals surface area contributed by atoms with E-state index in [1.54, 1.807) is 19.2 Å². The van der Waals surface area contributed by atoms with Gasteiger partial charge in [-0.05, 0) is 30.3 Å². The number of nitriles is 1. The van der Waals surface area contributed by atoms with Crippen LogP contribution in [0.2, 0.25) is 0 Å². The molecule has 0 amide bonds. The molecule has 6 heteroatoms. The predicted octanol–water partition coefficient (Wildman–Crippen LogP) is 2.42. The summed E-state index contributed by atoms with van der Waals surface area (Å²) in [4.78, 5) is 8.77. The Hall–Kier alpha value is -2.65. The SMILES string of the molecule is COc1ccc(F)cc1CN1CCN(c2cccc(C#N)n2)CC1. The van der Waals surface area contributed by atoms with Crippen LogP contribution >= 0.6 is 0 Å². The number of anilines is 1. The first-order chi connectivity index (χ1) is 11.7. The number of hydrogen-bond donors (Lipinski definition) is 0. The second-order valence-electron chi connectivity index (χ2n) is 5.71. The van der Waals surface area contributed by atoms with E-state index < -0.39 is 0 Å². The summed E-state index contributed by atoms with van der Waals surface area (Å²) >= 11 is 0. The summed E-state index contributed by atoms with van der Waals surface area (Å²) < 4.78 is 18.8. The summed E-state index contributed by atoms with van der Waals surface area (Å²) in [7, 11) is 1.60. The fourth-order valence-electron chi connectivity index (χ4n) is 2.91. The molecule has 1 saturated heterocycles. The molecule has 0 aliphatic carbocycles. The van der Waals surface area contributed by atoms with Crippen molar-refractivity contribution in [3.05, 3.63) is 53.5 Å². The highest BCUT2D eigenvalue weighted by Crippen LogP contribution is 2.22. The zero-order valence-electron chi connectivity index (χ0n) is 13.6. The van der Waals surface area contributed by atoms with Crippen LogP contribution in [-0.4, -0.2) is 43.2 Å². The lowest BCUT2D eigenvalue weighted by Crippen LogP contribution is -2.46. The summed E-state index contributed by atoms with van der Waals surface area (Å²) in [5.41, 5.74) is 1.29. The molecule has 0 bridgehead atoms. The first kappa shape index (κ1) is 16.2. The van der Waals surface area contributed by atoms with E-state index in [0.29, 0.717) is 18.0 Å². The molecule has 1 aliphatic heterocycles. The minimum atomic E-state index is -0.248. The highest BCUT2D eigenvalue weighted by molar-refractivity contribution is 5.42. The van der Waals surface area contributed by atoms with Crippen LogP contribution in [0.4, 0.5) is 10.2 Å².